The molecule has 0 aliphatic rings. The molecule has 0 atom stereocenters. The average Bonchev–Trinajstić information content (AvgIpc) is 2.25. The molecule has 0 N–H and O–H groups in total. The van der Waals surface area contributed by atoms with Gasteiger partial charge in [-0.15, -0.1) is 0 Å². The van der Waals surface area contributed by atoms with Crippen molar-refractivity contribution in [2.45, 2.75) is 12.8 Å². The van der Waals surface area contributed by atoms with Crippen molar-refractivity contribution in [3.05, 3.63) is 48.0 Å². The SMILES string of the molecule is O=CCC/C=C/C(=O)c1ccccc1. The number of benzene rings is 1. The second-order valence-electron chi connectivity index (χ2n) is 2.88. The largest absolute Gasteiger partial charge is 0.303 e. The second-order valence-corrected chi connectivity index (χ2v) is 2.88. The van der Waals surface area contributed by atoms with Gasteiger partial charge in [0.25, 0.3) is 0 Å². The summed E-state index contributed by atoms with van der Waals surface area (Å²) in [4.78, 5) is 21.4. The maximum atomic E-state index is 11.4. The quantitative estimate of drug-likeness (QED) is 0.308. The number of hydrogen-bond acceptors (Lipinski definition) is 2. The van der Waals surface area contributed by atoms with Gasteiger partial charge in [-0.2, -0.15) is 0 Å². The van der Waals surface area contributed by atoms with E-state index in [1.807, 2.05) is 18.2 Å². The van der Waals surface area contributed by atoms with Crippen molar-refractivity contribution in [1.29, 1.82) is 0 Å². The number of aldehydes is 1. The van der Waals surface area contributed by atoms with Gasteiger partial charge in [0.2, 0.25) is 0 Å². The Kier molecular flexibility index (Phi) is 4.35. The van der Waals surface area contributed by atoms with Gasteiger partial charge in [0.1, 0.15) is 6.29 Å². The molecule has 0 heterocycles. The summed E-state index contributed by atoms with van der Waals surface area (Å²) in [7, 11) is 0. The highest BCUT2D eigenvalue weighted by Gasteiger charge is 1.97. The number of hydrogen-bond donors (Lipinski definition) is 0. The number of rotatable bonds is 5. The van der Waals surface area contributed by atoms with Crippen LogP contribution in [0, 0.1) is 0 Å². The van der Waals surface area contributed by atoms with Gasteiger partial charge in [-0.3, -0.25) is 4.79 Å². The molecular weight excluding hydrogens is 176 g/mol. The molecule has 0 saturated heterocycles. The van der Waals surface area contributed by atoms with Gasteiger partial charge in [-0.1, -0.05) is 36.4 Å². The summed E-state index contributed by atoms with van der Waals surface area (Å²) >= 11 is 0. The first-order valence-electron chi connectivity index (χ1n) is 4.54. The molecule has 0 bridgehead atoms. The van der Waals surface area contributed by atoms with Crippen LogP contribution < -0.4 is 0 Å². The van der Waals surface area contributed by atoms with Crippen LogP contribution >= 0.6 is 0 Å². The Morgan fingerprint density at radius 2 is 1.86 bits per heavy atom. The lowest BCUT2D eigenvalue weighted by molar-refractivity contribution is -0.107. The summed E-state index contributed by atoms with van der Waals surface area (Å²) in [5.74, 6) is -0.0171. The van der Waals surface area contributed by atoms with Gasteiger partial charge in [0.15, 0.2) is 5.78 Å². The third-order valence-electron chi connectivity index (χ3n) is 1.78. The van der Waals surface area contributed by atoms with Crippen LogP contribution in [0.5, 0.6) is 0 Å². The molecule has 0 unspecified atom stereocenters. The minimum atomic E-state index is -0.0171. The monoisotopic (exact) mass is 188 g/mol. The molecule has 14 heavy (non-hydrogen) atoms. The lowest BCUT2D eigenvalue weighted by atomic mass is 10.1. The Balaban J connectivity index is 2.51. The molecule has 0 fully saturated rings. The minimum Gasteiger partial charge on any atom is -0.303 e. The Labute approximate surface area is 83.3 Å². The highest BCUT2D eigenvalue weighted by Crippen LogP contribution is 2.01. The van der Waals surface area contributed by atoms with Crippen molar-refractivity contribution in [2.75, 3.05) is 0 Å². The van der Waals surface area contributed by atoms with Gasteiger partial charge in [-0.25, -0.2) is 0 Å². The van der Waals surface area contributed by atoms with Crippen molar-refractivity contribution in [3.8, 4) is 0 Å². The predicted octanol–water partition coefficient (Wildman–Crippen LogP) is 2.40. The molecule has 1 aromatic rings. The molecule has 72 valence electrons. The van der Waals surface area contributed by atoms with Gasteiger partial charge in [0, 0.05) is 12.0 Å². The Morgan fingerprint density at radius 3 is 2.50 bits per heavy atom. The number of allylic oxidation sites excluding steroid dienone is 2. The van der Waals surface area contributed by atoms with Crippen molar-refractivity contribution < 1.29 is 9.59 Å². The minimum absolute atomic E-state index is 0.0171. The van der Waals surface area contributed by atoms with Crippen LogP contribution in [0.2, 0.25) is 0 Å². The molecule has 0 aliphatic carbocycles. The van der Waals surface area contributed by atoms with E-state index >= 15 is 0 Å². The zero-order valence-corrected chi connectivity index (χ0v) is 7.85. The summed E-state index contributed by atoms with van der Waals surface area (Å²) in [6.07, 6.45) is 5.18. The van der Waals surface area contributed by atoms with E-state index in [0.717, 1.165) is 6.29 Å². The first-order chi connectivity index (χ1) is 6.84. The molecule has 0 radical (unpaired) electrons. The maximum Gasteiger partial charge on any atom is 0.185 e. The standard InChI is InChI=1S/C12H12O2/c13-10-6-2-5-9-12(14)11-7-3-1-4-8-11/h1,3-5,7-10H,2,6H2/b9-5+. The predicted molar refractivity (Wildman–Crippen MR) is 55.2 cm³/mol. The molecule has 0 amide bonds. The van der Waals surface area contributed by atoms with E-state index < -0.39 is 0 Å². The fourth-order valence-electron chi connectivity index (χ4n) is 1.05. The van der Waals surface area contributed by atoms with Gasteiger partial charge < -0.3 is 4.79 Å². The van der Waals surface area contributed by atoms with Crippen molar-refractivity contribution >= 4 is 12.1 Å². The maximum absolute atomic E-state index is 11.4. The molecule has 2 nitrogen and oxygen atoms in total. The molecule has 1 aromatic carbocycles. The normalized spacial score (nSPS) is 10.3. The zero-order valence-electron chi connectivity index (χ0n) is 7.85. The van der Waals surface area contributed by atoms with E-state index in [1.54, 1.807) is 18.2 Å². The Morgan fingerprint density at radius 1 is 1.14 bits per heavy atom. The molecule has 0 aliphatic heterocycles. The highest BCUT2D eigenvalue weighted by molar-refractivity contribution is 6.04. The number of ketones is 1. The summed E-state index contributed by atoms with van der Waals surface area (Å²) in [5, 5.41) is 0. The second kappa shape index (κ2) is 5.86. The molecule has 1 rings (SSSR count). The topological polar surface area (TPSA) is 34.1 Å². The fraction of sp³-hybridized carbons (Fsp3) is 0.167. The number of carbonyl (C=O) groups is 2. The summed E-state index contributed by atoms with van der Waals surface area (Å²) in [5.41, 5.74) is 0.676. The van der Waals surface area contributed by atoms with Crippen LogP contribution in [0.1, 0.15) is 23.2 Å². The third kappa shape index (κ3) is 3.35. The molecule has 0 spiro atoms. The Hall–Kier alpha value is -1.70. The highest BCUT2D eigenvalue weighted by atomic mass is 16.1. The fourth-order valence-corrected chi connectivity index (χ4v) is 1.05. The lowest BCUT2D eigenvalue weighted by Crippen LogP contribution is -1.92. The van der Waals surface area contributed by atoms with E-state index in [2.05, 4.69) is 0 Å². The first-order valence-corrected chi connectivity index (χ1v) is 4.54. The van der Waals surface area contributed by atoms with Gasteiger partial charge in [-0.05, 0) is 12.5 Å². The van der Waals surface area contributed by atoms with Crippen LogP contribution in [0.25, 0.3) is 0 Å². The molecular formula is C12H12O2. The molecule has 0 saturated carbocycles. The van der Waals surface area contributed by atoms with E-state index in [4.69, 9.17) is 0 Å². The van der Waals surface area contributed by atoms with E-state index in [-0.39, 0.29) is 5.78 Å². The van der Waals surface area contributed by atoms with Crippen LogP contribution in [-0.2, 0) is 4.79 Å². The Bertz CT molecular complexity index is 325. The number of unbranched alkanes of at least 4 members (excludes halogenated alkanes) is 1. The summed E-state index contributed by atoms with van der Waals surface area (Å²) in [6.45, 7) is 0. The van der Waals surface area contributed by atoms with Crippen LogP contribution in [0.15, 0.2) is 42.5 Å². The van der Waals surface area contributed by atoms with Crippen LogP contribution in [0.3, 0.4) is 0 Å². The van der Waals surface area contributed by atoms with E-state index in [0.29, 0.717) is 18.4 Å². The molecule has 2 heteroatoms. The van der Waals surface area contributed by atoms with E-state index in [9.17, 15) is 9.59 Å². The van der Waals surface area contributed by atoms with Gasteiger partial charge >= 0.3 is 0 Å². The zero-order chi connectivity index (χ0) is 10.2. The average molecular weight is 188 g/mol. The van der Waals surface area contributed by atoms with Crippen molar-refractivity contribution in [3.63, 3.8) is 0 Å². The van der Waals surface area contributed by atoms with Crippen LogP contribution in [0.4, 0.5) is 0 Å². The third-order valence-corrected chi connectivity index (χ3v) is 1.78. The van der Waals surface area contributed by atoms with Crippen molar-refractivity contribution in [2.24, 2.45) is 0 Å². The van der Waals surface area contributed by atoms with Crippen LogP contribution in [-0.4, -0.2) is 12.1 Å². The smallest absolute Gasteiger partial charge is 0.185 e. The number of carbonyl (C=O) groups excluding carboxylic acids is 2. The van der Waals surface area contributed by atoms with Crippen molar-refractivity contribution in [1.82, 2.24) is 0 Å². The summed E-state index contributed by atoms with van der Waals surface area (Å²) < 4.78 is 0. The summed E-state index contributed by atoms with van der Waals surface area (Å²) in [6, 6.07) is 9.06. The molecule has 0 aromatic heterocycles. The first kappa shape index (κ1) is 10.4. The lowest BCUT2D eigenvalue weighted by Gasteiger charge is -1.92. The van der Waals surface area contributed by atoms with Gasteiger partial charge in [0.05, 0.1) is 0 Å². The van der Waals surface area contributed by atoms with E-state index in [1.165, 1.54) is 6.08 Å².